The highest BCUT2D eigenvalue weighted by Crippen LogP contribution is 2.34. The number of aromatic nitrogens is 2. The van der Waals surface area contributed by atoms with Crippen molar-refractivity contribution < 1.29 is 0 Å². The Morgan fingerprint density at radius 3 is 2.84 bits per heavy atom. The molecule has 2 rings (SSSR count). The number of aryl methyl sites for hydroxylation is 1. The summed E-state index contributed by atoms with van der Waals surface area (Å²) in [6.07, 6.45) is 7.02. The Bertz CT molecular complexity index is 416. The molecule has 0 aromatic carbocycles. The predicted octanol–water partition coefficient (Wildman–Crippen LogP) is 3.36. The molecule has 0 radical (unpaired) electrons. The largest absolute Gasteiger partial charge is 0.327 e. The quantitative estimate of drug-likeness (QED) is 0.904. The second-order valence-corrected chi connectivity index (χ2v) is 6.20. The van der Waals surface area contributed by atoms with E-state index in [0.717, 1.165) is 36.0 Å². The van der Waals surface area contributed by atoms with Crippen LogP contribution in [0.15, 0.2) is 6.07 Å². The molecule has 3 nitrogen and oxygen atoms in total. The molecule has 1 aromatic rings. The van der Waals surface area contributed by atoms with Gasteiger partial charge in [-0.15, -0.1) is 0 Å². The van der Waals surface area contributed by atoms with E-state index in [4.69, 9.17) is 10.7 Å². The molecular formula is C16H27N3. The van der Waals surface area contributed by atoms with Gasteiger partial charge in [-0.25, -0.2) is 9.97 Å². The number of hydrogen-bond donors (Lipinski definition) is 1. The van der Waals surface area contributed by atoms with Gasteiger partial charge in [-0.2, -0.15) is 0 Å². The smallest absolute Gasteiger partial charge is 0.131 e. The SMILES string of the molecule is CCC(N)Cc1cc(C)nc(C2CCCC(C)C2)n1. The highest BCUT2D eigenvalue weighted by molar-refractivity contribution is 5.14. The lowest BCUT2D eigenvalue weighted by Crippen LogP contribution is -2.23. The van der Waals surface area contributed by atoms with Crippen molar-refractivity contribution in [3.8, 4) is 0 Å². The Morgan fingerprint density at radius 2 is 2.16 bits per heavy atom. The molecule has 0 spiro atoms. The first-order valence-electron chi connectivity index (χ1n) is 7.68. The van der Waals surface area contributed by atoms with Crippen molar-refractivity contribution in [3.05, 3.63) is 23.3 Å². The van der Waals surface area contributed by atoms with Crippen LogP contribution in [-0.2, 0) is 6.42 Å². The van der Waals surface area contributed by atoms with Crippen molar-refractivity contribution in [3.63, 3.8) is 0 Å². The Balaban J connectivity index is 2.16. The molecule has 0 aliphatic heterocycles. The zero-order valence-corrected chi connectivity index (χ0v) is 12.5. The molecule has 1 aromatic heterocycles. The fourth-order valence-corrected chi connectivity index (χ4v) is 3.03. The lowest BCUT2D eigenvalue weighted by Gasteiger charge is -2.26. The van der Waals surface area contributed by atoms with Crippen LogP contribution in [0, 0.1) is 12.8 Å². The van der Waals surface area contributed by atoms with Gasteiger partial charge < -0.3 is 5.73 Å². The van der Waals surface area contributed by atoms with Crippen molar-refractivity contribution in [1.82, 2.24) is 9.97 Å². The molecular weight excluding hydrogens is 234 g/mol. The minimum Gasteiger partial charge on any atom is -0.327 e. The molecule has 19 heavy (non-hydrogen) atoms. The summed E-state index contributed by atoms with van der Waals surface area (Å²) in [5.74, 6) is 2.43. The van der Waals surface area contributed by atoms with Gasteiger partial charge in [-0.05, 0) is 38.2 Å². The Labute approximate surface area is 117 Å². The van der Waals surface area contributed by atoms with Crippen LogP contribution in [0.4, 0.5) is 0 Å². The van der Waals surface area contributed by atoms with Crippen molar-refractivity contribution in [1.29, 1.82) is 0 Å². The van der Waals surface area contributed by atoms with Crippen molar-refractivity contribution in [2.45, 2.75) is 71.3 Å². The van der Waals surface area contributed by atoms with Gasteiger partial charge in [-0.3, -0.25) is 0 Å². The maximum absolute atomic E-state index is 6.05. The van der Waals surface area contributed by atoms with Crippen LogP contribution in [0.5, 0.6) is 0 Å². The highest BCUT2D eigenvalue weighted by atomic mass is 14.9. The molecule has 1 fully saturated rings. The minimum absolute atomic E-state index is 0.215. The Kier molecular flexibility index (Phi) is 4.92. The van der Waals surface area contributed by atoms with E-state index in [9.17, 15) is 0 Å². The molecule has 1 aliphatic carbocycles. The average molecular weight is 261 g/mol. The molecule has 1 aliphatic rings. The van der Waals surface area contributed by atoms with Gasteiger partial charge in [0.15, 0.2) is 0 Å². The predicted molar refractivity (Wildman–Crippen MR) is 79.1 cm³/mol. The summed E-state index contributed by atoms with van der Waals surface area (Å²) in [5.41, 5.74) is 8.25. The summed E-state index contributed by atoms with van der Waals surface area (Å²) in [6.45, 7) is 6.54. The van der Waals surface area contributed by atoms with Crippen molar-refractivity contribution >= 4 is 0 Å². The van der Waals surface area contributed by atoms with E-state index in [0.29, 0.717) is 5.92 Å². The molecule has 0 bridgehead atoms. The van der Waals surface area contributed by atoms with Gasteiger partial charge in [0.25, 0.3) is 0 Å². The first-order valence-corrected chi connectivity index (χ1v) is 7.68. The van der Waals surface area contributed by atoms with Gasteiger partial charge in [0.1, 0.15) is 5.82 Å². The zero-order chi connectivity index (χ0) is 13.8. The molecule has 3 heteroatoms. The molecule has 3 atom stereocenters. The average Bonchev–Trinajstić information content (AvgIpc) is 2.38. The van der Waals surface area contributed by atoms with Crippen LogP contribution < -0.4 is 5.73 Å². The standard InChI is InChI=1S/C16H27N3/c1-4-14(17)10-15-9-12(3)18-16(19-15)13-7-5-6-11(2)8-13/h9,11,13-14H,4-8,10,17H2,1-3H3. The number of hydrogen-bond acceptors (Lipinski definition) is 3. The second-order valence-electron chi connectivity index (χ2n) is 6.20. The van der Waals surface area contributed by atoms with E-state index in [1.807, 2.05) is 0 Å². The summed E-state index contributed by atoms with van der Waals surface area (Å²) < 4.78 is 0. The third-order valence-corrected chi connectivity index (χ3v) is 4.22. The molecule has 106 valence electrons. The van der Waals surface area contributed by atoms with Crippen molar-refractivity contribution in [2.75, 3.05) is 0 Å². The summed E-state index contributed by atoms with van der Waals surface area (Å²) in [6, 6.07) is 2.30. The van der Waals surface area contributed by atoms with Gasteiger partial charge >= 0.3 is 0 Å². The molecule has 0 amide bonds. The van der Waals surface area contributed by atoms with E-state index < -0.39 is 0 Å². The topological polar surface area (TPSA) is 51.8 Å². The first kappa shape index (κ1) is 14.4. The van der Waals surface area contributed by atoms with Crippen molar-refractivity contribution in [2.24, 2.45) is 11.7 Å². The zero-order valence-electron chi connectivity index (χ0n) is 12.5. The fourth-order valence-electron chi connectivity index (χ4n) is 3.03. The van der Waals surface area contributed by atoms with Gasteiger partial charge in [0.2, 0.25) is 0 Å². The number of nitrogens with two attached hydrogens (primary N) is 1. The Morgan fingerprint density at radius 1 is 1.37 bits per heavy atom. The van der Waals surface area contributed by atoms with Crippen LogP contribution in [-0.4, -0.2) is 16.0 Å². The normalized spacial score (nSPS) is 25.3. The van der Waals surface area contributed by atoms with Crippen LogP contribution in [0.1, 0.15) is 69.1 Å². The number of rotatable bonds is 4. The fraction of sp³-hybridized carbons (Fsp3) is 0.750. The first-order chi connectivity index (χ1) is 9.08. The molecule has 1 heterocycles. The third kappa shape index (κ3) is 4.00. The lowest BCUT2D eigenvalue weighted by molar-refractivity contribution is 0.334. The molecule has 0 saturated heterocycles. The summed E-state index contributed by atoms with van der Waals surface area (Å²) in [4.78, 5) is 9.46. The lowest BCUT2D eigenvalue weighted by atomic mass is 9.82. The van der Waals surface area contributed by atoms with Crippen LogP contribution >= 0.6 is 0 Å². The maximum atomic E-state index is 6.05. The highest BCUT2D eigenvalue weighted by Gasteiger charge is 2.23. The van der Waals surface area contributed by atoms with Gasteiger partial charge in [-0.1, -0.05) is 26.7 Å². The summed E-state index contributed by atoms with van der Waals surface area (Å²) in [7, 11) is 0. The molecule has 3 unspecified atom stereocenters. The van der Waals surface area contributed by atoms with Gasteiger partial charge in [0.05, 0.1) is 0 Å². The Hall–Kier alpha value is -0.960. The van der Waals surface area contributed by atoms with Crippen LogP contribution in [0.3, 0.4) is 0 Å². The van der Waals surface area contributed by atoms with Gasteiger partial charge in [0, 0.05) is 29.8 Å². The molecule has 2 N–H and O–H groups in total. The third-order valence-electron chi connectivity index (χ3n) is 4.22. The van der Waals surface area contributed by atoms with E-state index in [2.05, 4.69) is 31.8 Å². The number of nitrogens with zero attached hydrogens (tertiary/aromatic N) is 2. The van der Waals surface area contributed by atoms with Crippen LogP contribution in [0.2, 0.25) is 0 Å². The van der Waals surface area contributed by atoms with E-state index in [1.165, 1.54) is 25.7 Å². The monoisotopic (exact) mass is 261 g/mol. The maximum Gasteiger partial charge on any atom is 0.131 e. The summed E-state index contributed by atoms with van der Waals surface area (Å²) in [5, 5.41) is 0. The van der Waals surface area contributed by atoms with Crippen LogP contribution in [0.25, 0.3) is 0 Å². The van der Waals surface area contributed by atoms with E-state index in [-0.39, 0.29) is 6.04 Å². The minimum atomic E-state index is 0.215. The summed E-state index contributed by atoms with van der Waals surface area (Å²) >= 11 is 0. The van der Waals surface area contributed by atoms with E-state index >= 15 is 0 Å². The molecule has 1 saturated carbocycles. The van der Waals surface area contributed by atoms with E-state index in [1.54, 1.807) is 0 Å². The second kappa shape index (κ2) is 6.47.